The molecule has 0 bridgehead atoms. The largest absolute Gasteiger partial charge is 0.508 e. The van der Waals surface area contributed by atoms with Crippen LogP contribution in [0.25, 0.3) is 0 Å². The van der Waals surface area contributed by atoms with Crippen LogP contribution in [0.15, 0.2) is 60.7 Å². The normalized spacial score (nSPS) is 16.3. The van der Waals surface area contributed by atoms with Crippen molar-refractivity contribution in [2.75, 3.05) is 20.8 Å². The van der Waals surface area contributed by atoms with Gasteiger partial charge in [0.05, 0.1) is 20.3 Å². The second-order valence-electron chi connectivity index (χ2n) is 7.25. The molecular weight excluding hydrogens is 386 g/mol. The van der Waals surface area contributed by atoms with E-state index in [1.807, 2.05) is 36.4 Å². The molecule has 1 aliphatic heterocycles. The van der Waals surface area contributed by atoms with Crippen LogP contribution in [0.2, 0.25) is 5.02 Å². The van der Waals surface area contributed by atoms with Crippen LogP contribution in [0, 0.1) is 0 Å². The van der Waals surface area contributed by atoms with Gasteiger partial charge in [0, 0.05) is 18.1 Å². The van der Waals surface area contributed by atoms with E-state index in [0.717, 1.165) is 42.1 Å². The van der Waals surface area contributed by atoms with Crippen molar-refractivity contribution in [3.63, 3.8) is 0 Å². The molecule has 1 aliphatic rings. The van der Waals surface area contributed by atoms with E-state index in [1.165, 1.54) is 11.1 Å². The predicted octanol–water partition coefficient (Wildman–Crippen LogP) is 5.21. The van der Waals surface area contributed by atoms with E-state index in [9.17, 15) is 5.11 Å². The fourth-order valence-corrected chi connectivity index (χ4v) is 4.32. The number of phenols is 1. The first-order chi connectivity index (χ1) is 14.1. The molecule has 0 unspecified atom stereocenters. The van der Waals surface area contributed by atoms with E-state index in [-0.39, 0.29) is 11.8 Å². The van der Waals surface area contributed by atoms with Gasteiger partial charge in [0.1, 0.15) is 5.75 Å². The van der Waals surface area contributed by atoms with Gasteiger partial charge in [-0.15, -0.1) is 0 Å². The van der Waals surface area contributed by atoms with Crippen molar-refractivity contribution in [1.29, 1.82) is 0 Å². The van der Waals surface area contributed by atoms with Gasteiger partial charge in [-0.05, 0) is 65.1 Å². The lowest BCUT2D eigenvalue weighted by Crippen LogP contribution is -2.35. The number of hydrogen-bond donors (Lipinski definition) is 1. The van der Waals surface area contributed by atoms with Crippen LogP contribution in [0.1, 0.15) is 28.3 Å². The average Bonchev–Trinajstić information content (AvgIpc) is 2.72. The summed E-state index contributed by atoms with van der Waals surface area (Å²) >= 11 is 6.33. The maximum atomic E-state index is 9.88. The maximum absolute atomic E-state index is 9.88. The first kappa shape index (κ1) is 19.6. The summed E-state index contributed by atoms with van der Waals surface area (Å²) in [7, 11) is 3.32. The van der Waals surface area contributed by atoms with Gasteiger partial charge in [0.2, 0.25) is 0 Å². The lowest BCUT2D eigenvalue weighted by Gasteiger charge is -2.38. The molecule has 0 fully saturated rings. The van der Waals surface area contributed by atoms with Crippen molar-refractivity contribution in [3.05, 3.63) is 87.9 Å². The summed E-state index contributed by atoms with van der Waals surface area (Å²) in [6, 6.07) is 19.6. The Morgan fingerprint density at radius 2 is 1.76 bits per heavy atom. The highest BCUT2D eigenvalue weighted by Crippen LogP contribution is 2.42. The van der Waals surface area contributed by atoms with Crippen molar-refractivity contribution in [2.24, 2.45) is 0 Å². The van der Waals surface area contributed by atoms with E-state index in [0.29, 0.717) is 5.02 Å². The van der Waals surface area contributed by atoms with E-state index in [1.54, 1.807) is 20.3 Å². The topological polar surface area (TPSA) is 41.9 Å². The molecule has 0 saturated heterocycles. The Balaban J connectivity index is 1.80. The van der Waals surface area contributed by atoms with Crippen LogP contribution in [-0.4, -0.2) is 30.8 Å². The summed E-state index contributed by atoms with van der Waals surface area (Å²) in [6.07, 6.45) is 0.908. The zero-order chi connectivity index (χ0) is 20.4. The number of fused-ring (bicyclic) bond motifs is 1. The maximum Gasteiger partial charge on any atom is 0.161 e. The molecule has 1 heterocycles. The molecule has 5 heteroatoms. The second-order valence-corrected chi connectivity index (χ2v) is 7.69. The number of rotatable bonds is 5. The molecule has 4 nitrogen and oxygen atoms in total. The molecule has 0 radical (unpaired) electrons. The van der Waals surface area contributed by atoms with Gasteiger partial charge >= 0.3 is 0 Å². The molecule has 4 rings (SSSR count). The number of aromatic hydroxyl groups is 1. The standard InChI is InChI=1S/C24H24ClNO3/c1-28-22-13-17-9-10-26(15-16-5-3-8-20(27)11-16)24(21(17)14-23(22)29-2)18-6-4-7-19(25)12-18/h3-8,11-14,24,27H,9-10,15H2,1-2H3/t24-/m0/s1. The van der Waals surface area contributed by atoms with Crippen molar-refractivity contribution in [3.8, 4) is 17.2 Å². The van der Waals surface area contributed by atoms with Crippen molar-refractivity contribution < 1.29 is 14.6 Å². The average molecular weight is 410 g/mol. The Kier molecular flexibility index (Phi) is 5.65. The Hall–Kier alpha value is -2.69. The molecular formula is C24H24ClNO3. The van der Waals surface area contributed by atoms with Crippen LogP contribution < -0.4 is 9.47 Å². The highest BCUT2D eigenvalue weighted by molar-refractivity contribution is 6.30. The summed E-state index contributed by atoms with van der Waals surface area (Å²) in [5.41, 5.74) is 4.64. The van der Waals surface area contributed by atoms with Gasteiger partial charge in [-0.3, -0.25) is 4.90 Å². The first-order valence-corrected chi connectivity index (χ1v) is 9.99. The fourth-order valence-electron chi connectivity index (χ4n) is 4.12. The number of phenolic OH excluding ortho intramolecular Hbond substituents is 1. The highest BCUT2D eigenvalue weighted by atomic mass is 35.5. The van der Waals surface area contributed by atoms with Crippen LogP contribution in [0.5, 0.6) is 17.2 Å². The summed E-state index contributed by atoms with van der Waals surface area (Å²) in [5.74, 6) is 1.75. The number of ether oxygens (including phenoxy) is 2. The van der Waals surface area contributed by atoms with E-state index in [4.69, 9.17) is 21.1 Å². The zero-order valence-electron chi connectivity index (χ0n) is 16.6. The van der Waals surface area contributed by atoms with Crippen molar-refractivity contribution in [1.82, 2.24) is 4.90 Å². The molecule has 0 spiro atoms. The fraction of sp³-hybridized carbons (Fsp3) is 0.250. The number of benzene rings is 3. The molecule has 0 aromatic heterocycles. The Morgan fingerprint density at radius 1 is 1.00 bits per heavy atom. The molecule has 3 aromatic carbocycles. The monoisotopic (exact) mass is 409 g/mol. The van der Waals surface area contributed by atoms with Gasteiger partial charge < -0.3 is 14.6 Å². The summed E-state index contributed by atoms with van der Waals surface area (Å²) in [5, 5.41) is 10.6. The van der Waals surface area contributed by atoms with Crippen LogP contribution in [0.3, 0.4) is 0 Å². The minimum atomic E-state index is 0.0274. The third-order valence-electron chi connectivity index (χ3n) is 5.43. The third-order valence-corrected chi connectivity index (χ3v) is 5.67. The molecule has 29 heavy (non-hydrogen) atoms. The number of nitrogens with zero attached hydrogens (tertiary/aromatic N) is 1. The minimum Gasteiger partial charge on any atom is -0.508 e. The Labute approximate surface area is 176 Å². The van der Waals surface area contributed by atoms with E-state index >= 15 is 0 Å². The molecule has 0 saturated carbocycles. The quantitative estimate of drug-likeness (QED) is 0.628. The first-order valence-electron chi connectivity index (χ1n) is 9.61. The van der Waals surface area contributed by atoms with Gasteiger partial charge in [-0.1, -0.05) is 35.9 Å². The second kappa shape index (κ2) is 8.36. The summed E-state index contributed by atoms with van der Waals surface area (Å²) in [6.45, 7) is 1.61. The van der Waals surface area contributed by atoms with E-state index < -0.39 is 0 Å². The van der Waals surface area contributed by atoms with Crippen LogP contribution in [0.4, 0.5) is 0 Å². The number of halogens is 1. The van der Waals surface area contributed by atoms with Gasteiger partial charge in [0.25, 0.3) is 0 Å². The lowest BCUT2D eigenvalue weighted by molar-refractivity contribution is 0.203. The molecule has 1 atom stereocenters. The molecule has 1 N–H and O–H groups in total. The van der Waals surface area contributed by atoms with Gasteiger partial charge in [0.15, 0.2) is 11.5 Å². The predicted molar refractivity (Wildman–Crippen MR) is 115 cm³/mol. The van der Waals surface area contributed by atoms with E-state index in [2.05, 4.69) is 23.1 Å². The summed E-state index contributed by atoms with van der Waals surface area (Å²) < 4.78 is 11.1. The van der Waals surface area contributed by atoms with Crippen LogP contribution >= 0.6 is 11.6 Å². The van der Waals surface area contributed by atoms with Gasteiger partial charge in [-0.2, -0.15) is 0 Å². The minimum absolute atomic E-state index is 0.0274. The Morgan fingerprint density at radius 3 is 2.48 bits per heavy atom. The number of methoxy groups -OCH3 is 2. The molecule has 0 amide bonds. The molecule has 150 valence electrons. The van der Waals surface area contributed by atoms with Crippen molar-refractivity contribution in [2.45, 2.75) is 19.0 Å². The lowest BCUT2D eigenvalue weighted by atomic mass is 9.87. The SMILES string of the molecule is COc1cc2c(cc1OC)[C@H](c1cccc(Cl)c1)N(Cc1cccc(O)c1)CC2. The molecule has 3 aromatic rings. The number of hydrogen-bond acceptors (Lipinski definition) is 4. The highest BCUT2D eigenvalue weighted by Gasteiger charge is 2.30. The third kappa shape index (κ3) is 4.04. The summed E-state index contributed by atoms with van der Waals surface area (Å²) in [4.78, 5) is 2.41. The smallest absolute Gasteiger partial charge is 0.161 e. The van der Waals surface area contributed by atoms with Gasteiger partial charge in [-0.25, -0.2) is 0 Å². The Bertz CT molecular complexity index is 1020. The van der Waals surface area contributed by atoms with Crippen molar-refractivity contribution >= 4 is 11.6 Å². The van der Waals surface area contributed by atoms with Crippen LogP contribution in [-0.2, 0) is 13.0 Å². The molecule has 0 aliphatic carbocycles. The zero-order valence-corrected chi connectivity index (χ0v) is 17.3.